The van der Waals surface area contributed by atoms with E-state index in [0.29, 0.717) is 6.54 Å². The first-order chi connectivity index (χ1) is 9.15. The van der Waals surface area contributed by atoms with Crippen molar-refractivity contribution < 1.29 is 5.11 Å². The van der Waals surface area contributed by atoms with Crippen molar-refractivity contribution in [2.45, 2.75) is 13.1 Å². The molecule has 1 heterocycles. The van der Waals surface area contributed by atoms with Crippen LogP contribution in [0.1, 0.15) is 11.3 Å². The van der Waals surface area contributed by atoms with Gasteiger partial charge in [-0.25, -0.2) is 0 Å². The number of nitrogens with zero attached hydrogens (tertiary/aromatic N) is 2. The molecular formula is C15H19N3O. The van der Waals surface area contributed by atoms with Crippen LogP contribution in [0, 0.1) is 0 Å². The van der Waals surface area contributed by atoms with Crippen LogP contribution >= 0.6 is 0 Å². The zero-order valence-corrected chi connectivity index (χ0v) is 11.3. The standard InChI is InChI=1S/C15H19N3O/c1-18(2)14-6-3-12(4-7-14)9-16-10-13-5-8-15(19)11-17-13/h3-8,11,16,19H,9-10H2,1-2H3. The lowest BCUT2D eigenvalue weighted by molar-refractivity contribution is 0.471. The fourth-order valence-electron chi connectivity index (χ4n) is 1.77. The van der Waals surface area contributed by atoms with E-state index in [1.807, 2.05) is 20.2 Å². The van der Waals surface area contributed by atoms with Crippen LogP contribution in [0.4, 0.5) is 5.69 Å². The maximum absolute atomic E-state index is 9.14. The molecule has 0 amide bonds. The van der Waals surface area contributed by atoms with E-state index in [9.17, 15) is 0 Å². The number of anilines is 1. The Kier molecular flexibility index (Phi) is 4.36. The van der Waals surface area contributed by atoms with Gasteiger partial charge in [0.05, 0.1) is 11.9 Å². The van der Waals surface area contributed by atoms with E-state index < -0.39 is 0 Å². The van der Waals surface area contributed by atoms with Crippen molar-refractivity contribution in [3.05, 3.63) is 53.9 Å². The molecule has 4 nitrogen and oxygen atoms in total. The lowest BCUT2D eigenvalue weighted by Gasteiger charge is -2.12. The molecule has 2 rings (SSSR count). The Hall–Kier alpha value is -2.07. The molecule has 1 aromatic carbocycles. The summed E-state index contributed by atoms with van der Waals surface area (Å²) in [5.41, 5.74) is 3.36. The molecule has 0 aliphatic rings. The van der Waals surface area contributed by atoms with Crippen LogP contribution in [0.3, 0.4) is 0 Å². The first-order valence-electron chi connectivity index (χ1n) is 6.26. The summed E-state index contributed by atoms with van der Waals surface area (Å²) in [5.74, 6) is 0.197. The highest BCUT2D eigenvalue weighted by atomic mass is 16.3. The van der Waals surface area contributed by atoms with Crippen molar-refractivity contribution in [2.24, 2.45) is 0 Å². The summed E-state index contributed by atoms with van der Waals surface area (Å²) in [4.78, 5) is 6.21. The molecule has 1 aromatic heterocycles. The second kappa shape index (κ2) is 6.20. The predicted octanol–water partition coefficient (Wildman–Crippen LogP) is 2.14. The van der Waals surface area contributed by atoms with Gasteiger partial charge in [0.2, 0.25) is 0 Å². The van der Waals surface area contributed by atoms with E-state index in [-0.39, 0.29) is 5.75 Å². The maximum Gasteiger partial charge on any atom is 0.133 e. The molecule has 0 fully saturated rings. The summed E-state index contributed by atoms with van der Waals surface area (Å²) < 4.78 is 0. The normalized spacial score (nSPS) is 10.4. The monoisotopic (exact) mass is 257 g/mol. The van der Waals surface area contributed by atoms with E-state index >= 15 is 0 Å². The Labute approximate surface area is 113 Å². The van der Waals surface area contributed by atoms with Gasteiger partial charge in [-0.2, -0.15) is 0 Å². The van der Waals surface area contributed by atoms with Crippen LogP contribution in [0.15, 0.2) is 42.6 Å². The first kappa shape index (κ1) is 13.4. The van der Waals surface area contributed by atoms with Gasteiger partial charge in [0.15, 0.2) is 0 Å². The molecule has 0 atom stereocenters. The molecule has 0 saturated heterocycles. The Morgan fingerprint density at radius 1 is 1.05 bits per heavy atom. The summed E-state index contributed by atoms with van der Waals surface area (Å²) in [7, 11) is 4.06. The molecule has 19 heavy (non-hydrogen) atoms. The van der Waals surface area contributed by atoms with Crippen molar-refractivity contribution in [1.29, 1.82) is 0 Å². The predicted molar refractivity (Wildman–Crippen MR) is 77.2 cm³/mol. The smallest absolute Gasteiger partial charge is 0.133 e. The van der Waals surface area contributed by atoms with E-state index in [0.717, 1.165) is 12.2 Å². The van der Waals surface area contributed by atoms with Crippen molar-refractivity contribution in [1.82, 2.24) is 10.3 Å². The van der Waals surface area contributed by atoms with Crippen LogP contribution in [0.25, 0.3) is 0 Å². The van der Waals surface area contributed by atoms with Gasteiger partial charge in [0.1, 0.15) is 5.75 Å². The van der Waals surface area contributed by atoms with Gasteiger partial charge in [-0.05, 0) is 29.8 Å². The summed E-state index contributed by atoms with van der Waals surface area (Å²) in [5, 5.41) is 12.5. The highest BCUT2D eigenvalue weighted by Gasteiger charge is 1.98. The van der Waals surface area contributed by atoms with Gasteiger partial charge in [-0.1, -0.05) is 12.1 Å². The summed E-state index contributed by atoms with van der Waals surface area (Å²) in [6.07, 6.45) is 1.46. The van der Waals surface area contributed by atoms with E-state index in [2.05, 4.69) is 39.5 Å². The molecule has 0 aliphatic carbocycles. The minimum atomic E-state index is 0.197. The van der Waals surface area contributed by atoms with Crippen LogP contribution in [-0.2, 0) is 13.1 Å². The van der Waals surface area contributed by atoms with Crippen LogP contribution in [0.5, 0.6) is 5.75 Å². The van der Waals surface area contributed by atoms with Crippen molar-refractivity contribution in [3.63, 3.8) is 0 Å². The second-order valence-corrected chi connectivity index (χ2v) is 4.67. The summed E-state index contributed by atoms with van der Waals surface area (Å²) in [6, 6.07) is 11.9. The highest BCUT2D eigenvalue weighted by Crippen LogP contribution is 2.12. The number of nitrogens with one attached hydrogen (secondary N) is 1. The van der Waals surface area contributed by atoms with E-state index in [1.165, 1.54) is 17.4 Å². The van der Waals surface area contributed by atoms with Crippen LogP contribution in [-0.4, -0.2) is 24.2 Å². The van der Waals surface area contributed by atoms with Crippen LogP contribution in [0.2, 0.25) is 0 Å². The first-order valence-corrected chi connectivity index (χ1v) is 6.26. The molecule has 0 saturated carbocycles. The third kappa shape index (κ3) is 3.96. The van der Waals surface area contributed by atoms with E-state index in [4.69, 9.17) is 5.11 Å². The lowest BCUT2D eigenvalue weighted by atomic mass is 10.2. The number of rotatable bonds is 5. The zero-order chi connectivity index (χ0) is 13.7. The van der Waals surface area contributed by atoms with Crippen molar-refractivity contribution in [3.8, 4) is 5.75 Å². The van der Waals surface area contributed by atoms with Gasteiger partial charge >= 0.3 is 0 Å². The summed E-state index contributed by atoms with van der Waals surface area (Å²) >= 11 is 0. The molecule has 100 valence electrons. The molecule has 0 unspecified atom stereocenters. The number of hydrogen-bond donors (Lipinski definition) is 2. The maximum atomic E-state index is 9.14. The molecule has 4 heteroatoms. The lowest BCUT2D eigenvalue weighted by Crippen LogP contribution is -2.14. The zero-order valence-electron chi connectivity index (χ0n) is 11.3. The molecule has 0 radical (unpaired) electrons. The SMILES string of the molecule is CN(C)c1ccc(CNCc2ccc(O)cn2)cc1. The van der Waals surface area contributed by atoms with Gasteiger partial charge in [0, 0.05) is 32.9 Å². The van der Waals surface area contributed by atoms with E-state index in [1.54, 1.807) is 6.07 Å². The van der Waals surface area contributed by atoms with Gasteiger partial charge in [-0.15, -0.1) is 0 Å². The minimum Gasteiger partial charge on any atom is -0.506 e. The fourth-order valence-corrected chi connectivity index (χ4v) is 1.77. The third-order valence-electron chi connectivity index (χ3n) is 2.90. The topological polar surface area (TPSA) is 48.4 Å². The fraction of sp³-hybridized carbons (Fsp3) is 0.267. The Morgan fingerprint density at radius 2 is 1.79 bits per heavy atom. The average Bonchev–Trinajstić information content (AvgIpc) is 2.41. The Morgan fingerprint density at radius 3 is 2.37 bits per heavy atom. The summed E-state index contributed by atoms with van der Waals surface area (Å²) in [6.45, 7) is 1.49. The minimum absolute atomic E-state index is 0.197. The second-order valence-electron chi connectivity index (χ2n) is 4.67. The Balaban J connectivity index is 1.83. The number of benzene rings is 1. The largest absolute Gasteiger partial charge is 0.506 e. The number of pyridine rings is 1. The van der Waals surface area contributed by atoms with Crippen molar-refractivity contribution >= 4 is 5.69 Å². The number of aromatic nitrogens is 1. The molecule has 2 aromatic rings. The molecule has 0 aliphatic heterocycles. The molecule has 0 bridgehead atoms. The molecule has 0 spiro atoms. The van der Waals surface area contributed by atoms with Gasteiger partial charge < -0.3 is 15.3 Å². The molecule has 2 N–H and O–H groups in total. The van der Waals surface area contributed by atoms with Gasteiger partial charge in [0.25, 0.3) is 0 Å². The number of aromatic hydroxyl groups is 1. The Bertz CT molecular complexity index is 506. The highest BCUT2D eigenvalue weighted by molar-refractivity contribution is 5.45. The molecular weight excluding hydrogens is 238 g/mol. The number of hydrogen-bond acceptors (Lipinski definition) is 4. The van der Waals surface area contributed by atoms with Crippen molar-refractivity contribution in [2.75, 3.05) is 19.0 Å². The van der Waals surface area contributed by atoms with Gasteiger partial charge in [-0.3, -0.25) is 4.98 Å². The third-order valence-corrected chi connectivity index (χ3v) is 2.90. The van der Waals surface area contributed by atoms with Crippen LogP contribution < -0.4 is 10.2 Å². The quantitative estimate of drug-likeness (QED) is 0.861. The average molecular weight is 257 g/mol.